The molecule has 4 rings (SSSR count). The molecule has 0 unspecified atom stereocenters. The highest BCUT2D eigenvalue weighted by Gasteiger charge is 2.17. The number of esters is 1. The molecule has 0 amide bonds. The second-order valence-electron chi connectivity index (χ2n) is 8.07. The molecular formula is C29H28N2O3. The zero-order valence-electron chi connectivity index (χ0n) is 19.9. The molecule has 0 radical (unpaired) electrons. The van der Waals surface area contributed by atoms with Gasteiger partial charge in [0, 0.05) is 17.2 Å². The van der Waals surface area contributed by atoms with Crippen molar-refractivity contribution in [3.8, 4) is 22.7 Å². The van der Waals surface area contributed by atoms with E-state index in [9.17, 15) is 4.79 Å². The molecule has 0 aliphatic heterocycles. The Morgan fingerprint density at radius 1 is 0.912 bits per heavy atom. The van der Waals surface area contributed by atoms with Gasteiger partial charge in [0.15, 0.2) is 0 Å². The van der Waals surface area contributed by atoms with Gasteiger partial charge < -0.3 is 9.47 Å². The van der Waals surface area contributed by atoms with E-state index in [0.717, 1.165) is 33.8 Å². The van der Waals surface area contributed by atoms with Crippen molar-refractivity contribution >= 4 is 11.5 Å². The van der Waals surface area contributed by atoms with Crippen molar-refractivity contribution in [3.05, 3.63) is 107 Å². The molecule has 1 heterocycles. The second kappa shape index (κ2) is 10.2. The predicted molar refractivity (Wildman–Crippen MR) is 135 cm³/mol. The van der Waals surface area contributed by atoms with Crippen LogP contribution >= 0.6 is 0 Å². The molecule has 0 fully saturated rings. The summed E-state index contributed by atoms with van der Waals surface area (Å²) in [5.74, 6) is 0.379. The molecular weight excluding hydrogens is 424 g/mol. The van der Waals surface area contributed by atoms with Gasteiger partial charge in [-0.25, -0.2) is 9.48 Å². The molecule has 0 aliphatic carbocycles. The molecule has 0 saturated carbocycles. The number of hydrogen-bond acceptors (Lipinski definition) is 4. The summed E-state index contributed by atoms with van der Waals surface area (Å²) in [7, 11) is 1.65. The van der Waals surface area contributed by atoms with E-state index in [1.54, 1.807) is 14.0 Å². The maximum Gasteiger partial charge on any atom is 0.331 e. The molecule has 0 spiro atoms. The third-order valence-electron chi connectivity index (χ3n) is 5.56. The highest BCUT2D eigenvalue weighted by Crippen LogP contribution is 2.31. The Morgan fingerprint density at radius 2 is 1.53 bits per heavy atom. The van der Waals surface area contributed by atoms with Gasteiger partial charge in [0.2, 0.25) is 0 Å². The fourth-order valence-electron chi connectivity index (χ4n) is 3.70. The number of methoxy groups -OCH3 is 1. The molecule has 0 N–H and O–H groups in total. The van der Waals surface area contributed by atoms with Crippen LogP contribution in [0.15, 0.2) is 84.9 Å². The van der Waals surface area contributed by atoms with Gasteiger partial charge in [-0.15, -0.1) is 0 Å². The minimum Gasteiger partial charge on any atom is -0.497 e. The van der Waals surface area contributed by atoms with Crippen molar-refractivity contribution in [1.82, 2.24) is 9.78 Å². The van der Waals surface area contributed by atoms with Gasteiger partial charge in [-0.1, -0.05) is 59.7 Å². The molecule has 3 aromatic carbocycles. The first kappa shape index (κ1) is 23.1. The summed E-state index contributed by atoms with van der Waals surface area (Å²) in [4.78, 5) is 12.5. The number of nitrogens with zero attached hydrogens (tertiary/aromatic N) is 2. The maximum atomic E-state index is 12.5. The Kier molecular flexibility index (Phi) is 6.93. The fraction of sp³-hybridized carbons (Fsp3) is 0.172. The third-order valence-corrected chi connectivity index (χ3v) is 5.56. The van der Waals surface area contributed by atoms with Crippen LogP contribution in [0.3, 0.4) is 0 Å². The lowest BCUT2D eigenvalue weighted by molar-refractivity contribution is -0.137. The smallest absolute Gasteiger partial charge is 0.331 e. The van der Waals surface area contributed by atoms with E-state index in [0.29, 0.717) is 17.9 Å². The Morgan fingerprint density at radius 3 is 2.12 bits per heavy atom. The van der Waals surface area contributed by atoms with E-state index in [-0.39, 0.29) is 0 Å². The van der Waals surface area contributed by atoms with Crippen LogP contribution in [-0.2, 0) is 9.53 Å². The average Bonchev–Trinajstić information content (AvgIpc) is 3.29. The van der Waals surface area contributed by atoms with Crippen LogP contribution in [0.5, 0.6) is 5.75 Å². The van der Waals surface area contributed by atoms with E-state index >= 15 is 0 Å². The van der Waals surface area contributed by atoms with Crippen molar-refractivity contribution in [2.24, 2.45) is 0 Å². The monoisotopic (exact) mass is 452 g/mol. The van der Waals surface area contributed by atoms with Gasteiger partial charge in [0.05, 0.1) is 30.8 Å². The Labute approximate surface area is 200 Å². The van der Waals surface area contributed by atoms with E-state index in [2.05, 4.69) is 31.2 Å². The topological polar surface area (TPSA) is 53.4 Å². The molecule has 0 aliphatic rings. The largest absolute Gasteiger partial charge is 0.497 e. The Balaban J connectivity index is 1.90. The van der Waals surface area contributed by atoms with Crippen molar-refractivity contribution in [1.29, 1.82) is 0 Å². The van der Waals surface area contributed by atoms with Crippen molar-refractivity contribution in [3.63, 3.8) is 0 Å². The predicted octanol–water partition coefficient (Wildman–Crippen LogP) is 6.16. The van der Waals surface area contributed by atoms with Gasteiger partial charge in [0.25, 0.3) is 0 Å². The highest BCUT2D eigenvalue weighted by atomic mass is 16.5. The minimum absolute atomic E-state index is 0.311. The van der Waals surface area contributed by atoms with E-state index in [4.69, 9.17) is 14.6 Å². The summed E-state index contributed by atoms with van der Waals surface area (Å²) < 4.78 is 12.4. The molecule has 0 atom stereocenters. The number of carbonyl (C=O) groups excluding carboxylic acids is 1. The number of ether oxygens (including phenoxy) is 2. The standard InChI is InChI=1S/C29H28N2O3/c1-5-34-29(32)18-26(22-10-6-20(2)7-11-22)27-19-28(23-12-8-21(3)9-13-23)31(30-27)24-14-16-25(33-4)17-15-24/h6-19H,5H2,1-4H3/b26-18-. The van der Waals surface area contributed by atoms with Crippen LogP contribution in [0, 0.1) is 13.8 Å². The maximum absolute atomic E-state index is 12.5. The molecule has 4 aromatic rings. The Bertz CT molecular complexity index is 1300. The van der Waals surface area contributed by atoms with E-state index in [1.807, 2.05) is 66.2 Å². The molecule has 0 bridgehead atoms. The molecule has 5 heteroatoms. The number of hydrogen-bond donors (Lipinski definition) is 0. The van der Waals surface area contributed by atoms with Crippen LogP contribution in [0.1, 0.15) is 29.3 Å². The first-order valence-corrected chi connectivity index (χ1v) is 11.3. The number of rotatable bonds is 7. The van der Waals surface area contributed by atoms with E-state index < -0.39 is 5.97 Å². The molecule has 1 aromatic heterocycles. The molecule has 5 nitrogen and oxygen atoms in total. The van der Waals surface area contributed by atoms with Crippen LogP contribution in [0.2, 0.25) is 0 Å². The quantitative estimate of drug-likeness (QED) is 0.249. The fourth-order valence-corrected chi connectivity index (χ4v) is 3.70. The summed E-state index contributed by atoms with van der Waals surface area (Å²) in [6.45, 7) is 6.20. The van der Waals surface area contributed by atoms with Gasteiger partial charge in [0.1, 0.15) is 5.75 Å². The summed E-state index contributed by atoms with van der Waals surface area (Å²) in [5, 5.41) is 4.95. The number of carbonyl (C=O) groups is 1. The van der Waals surface area contributed by atoms with Crippen LogP contribution in [0.25, 0.3) is 22.5 Å². The molecule has 172 valence electrons. The zero-order chi connectivity index (χ0) is 24.1. The summed E-state index contributed by atoms with van der Waals surface area (Å²) in [5.41, 5.74) is 7.45. The lowest BCUT2D eigenvalue weighted by atomic mass is 10.00. The van der Waals surface area contributed by atoms with Gasteiger partial charge in [-0.3, -0.25) is 0 Å². The Hall–Kier alpha value is -4.12. The van der Waals surface area contributed by atoms with Crippen molar-refractivity contribution in [2.75, 3.05) is 13.7 Å². The van der Waals surface area contributed by atoms with Gasteiger partial charge in [-0.2, -0.15) is 5.10 Å². The second-order valence-corrected chi connectivity index (χ2v) is 8.07. The number of benzene rings is 3. The number of aryl methyl sites for hydroxylation is 2. The zero-order valence-corrected chi connectivity index (χ0v) is 19.9. The van der Waals surface area contributed by atoms with Crippen LogP contribution in [0.4, 0.5) is 0 Å². The van der Waals surface area contributed by atoms with E-state index in [1.165, 1.54) is 11.6 Å². The lowest BCUT2D eigenvalue weighted by Crippen LogP contribution is -2.03. The summed E-state index contributed by atoms with van der Waals surface area (Å²) in [6, 6.07) is 26.1. The van der Waals surface area contributed by atoms with Gasteiger partial charge in [-0.05, 0) is 56.7 Å². The molecule has 34 heavy (non-hydrogen) atoms. The molecule has 0 saturated heterocycles. The minimum atomic E-state index is -0.394. The van der Waals surface area contributed by atoms with Crippen LogP contribution in [-0.4, -0.2) is 29.5 Å². The normalized spacial score (nSPS) is 11.4. The highest BCUT2D eigenvalue weighted by molar-refractivity contribution is 5.96. The van der Waals surface area contributed by atoms with Gasteiger partial charge >= 0.3 is 5.97 Å². The van der Waals surface area contributed by atoms with Crippen LogP contribution < -0.4 is 4.74 Å². The number of aromatic nitrogens is 2. The van der Waals surface area contributed by atoms with Crippen molar-refractivity contribution in [2.45, 2.75) is 20.8 Å². The average molecular weight is 453 g/mol. The first-order valence-electron chi connectivity index (χ1n) is 11.3. The lowest BCUT2D eigenvalue weighted by Gasteiger charge is -2.09. The summed E-state index contributed by atoms with van der Waals surface area (Å²) in [6.07, 6.45) is 1.52. The first-order chi connectivity index (χ1) is 16.5. The SMILES string of the molecule is CCOC(=O)/C=C(/c1ccc(C)cc1)c1cc(-c2ccc(C)cc2)n(-c2ccc(OC)cc2)n1. The van der Waals surface area contributed by atoms with Crippen molar-refractivity contribution < 1.29 is 14.3 Å². The third kappa shape index (κ3) is 5.09. The summed E-state index contributed by atoms with van der Waals surface area (Å²) >= 11 is 0.